The minimum Gasteiger partial charge on any atom is -0.324 e. The molecule has 94 valence electrons. The van der Waals surface area contributed by atoms with Crippen LogP contribution in [0.3, 0.4) is 0 Å². The number of rotatable bonds is 3. The third-order valence-electron chi connectivity index (χ3n) is 4.21. The van der Waals surface area contributed by atoms with Crippen LogP contribution in [0.1, 0.15) is 50.6 Å². The normalized spacial score (nSPS) is 26.8. The Kier molecular flexibility index (Phi) is 4.16. The van der Waals surface area contributed by atoms with Crippen LogP contribution in [0, 0.1) is 17.7 Å². The van der Waals surface area contributed by atoms with E-state index in [4.69, 9.17) is 5.73 Å². The lowest BCUT2D eigenvalue weighted by atomic mass is 9.73. The number of halogens is 1. The second-order valence-electron chi connectivity index (χ2n) is 5.19. The Labute approximate surface area is 103 Å². The summed E-state index contributed by atoms with van der Waals surface area (Å²) in [4.78, 5) is 0. The van der Waals surface area contributed by atoms with Crippen LogP contribution in [0.5, 0.6) is 0 Å². The van der Waals surface area contributed by atoms with Crippen molar-refractivity contribution in [3.8, 4) is 0 Å². The van der Waals surface area contributed by atoms with Crippen molar-refractivity contribution < 1.29 is 4.39 Å². The highest BCUT2D eigenvalue weighted by atomic mass is 19.1. The summed E-state index contributed by atoms with van der Waals surface area (Å²) in [6.07, 6.45) is 6.36. The van der Waals surface area contributed by atoms with Gasteiger partial charge >= 0.3 is 0 Å². The van der Waals surface area contributed by atoms with Gasteiger partial charge in [-0.25, -0.2) is 4.39 Å². The number of benzene rings is 1. The van der Waals surface area contributed by atoms with E-state index >= 15 is 0 Å². The van der Waals surface area contributed by atoms with Crippen LogP contribution in [0.15, 0.2) is 24.3 Å². The van der Waals surface area contributed by atoms with Gasteiger partial charge in [-0.05, 0) is 36.0 Å². The minimum absolute atomic E-state index is 0.0702. The van der Waals surface area contributed by atoms with Crippen LogP contribution < -0.4 is 5.73 Å². The van der Waals surface area contributed by atoms with Crippen molar-refractivity contribution >= 4 is 0 Å². The SMILES string of the molecule is CCC1CCCCC1C(N)c1ccc(F)cc1. The predicted octanol–water partition coefficient (Wildman–Crippen LogP) is 4.04. The molecule has 17 heavy (non-hydrogen) atoms. The van der Waals surface area contributed by atoms with Gasteiger partial charge in [0.05, 0.1) is 0 Å². The molecule has 1 fully saturated rings. The quantitative estimate of drug-likeness (QED) is 0.840. The monoisotopic (exact) mass is 235 g/mol. The molecule has 3 atom stereocenters. The van der Waals surface area contributed by atoms with E-state index < -0.39 is 0 Å². The van der Waals surface area contributed by atoms with Gasteiger partial charge in [0.1, 0.15) is 5.82 Å². The van der Waals surface area contributed by atoms with Crippen LogP contribution in [-0.4, -0.2) is 0 Å². The fourth-order valence-corrected chi connectivity index (χ4v) is 3.15. The van der Waals surface area contributed by atoms with Gasteiger partial charge in [0.25, 0.3) is 0 Å². The summed E-state index contributed by atoms with van der Waals surface area (Å²) in [7, 11) is 0. The van der Waals surface area contributed by atoms with Crippen LogP contribution in [-0.2, 0) is 0 Å². The van der Waals surface area contributed by atoms with Crippen molar-refractivity contribution in [3.63, 3.8) is 0 Å². The zero-order valence-corrected chi connectivity index (χ0v) is 10.5. The van der Waals surface area contributed by atoms with Crippen LogP contribution >= 0.6 is 0 Å². The summed E-state index contributed by atoms with van der Waals surface area (Å²) in [5.41, 5.74) is 7.44. The molecule has 1 aromatic rings. The Hall–Kier alpha value is -0.890. The van der Waals surface area contributed by atoms with Crippen LogP contribution in [0.4, 0.5) is 4.39 Å². The standard InChI is InChI=1S/C15H22FN/c1-2-11-5-3-4-6-14(11)15(17)12-7-9-13(16)10-8-12/h7-11,14-15H,2-6,17H2,1H3. The van der Waals surface area contributed by atoms with Gasteiger partial charge < -0.3 is 5.73 Å². The van der Waals surface area contributed by atoms with E-state index in [1.165, 1.54) is 44.2 Å². The average molecular weight is 235 g/mol. The van der Waals surface area contributed by atoms with Crippen LogP contribution in [0.25, 0.3) is 0 Å². The zero-order valence-electron chi connectivity index (χ0n) is 10.5. The van der Waals surface area contributed by atoms with Gasteiger partial charge in [0.15, 0.2) is 0 Å². The highest BCUT2D eigenvalue weighted by Crippen LogP contribution is 2.39. The molecule has 1 aliphatic carbocycles. The fourth-order valence-electron chi connectivity index (χ4n) is 3.15. The van der Waals surface area contributed by atoms with Crippen molar-refractivity contribution in [2.75, 3.05) is 0 Å². The first-order valence-corrected chi connectivity index (χ1v) is 6.73. The molecule has 0 saturated heterocycles. The molecule has 1 aliphatic rings. The molecular formula is C15H22FN. The van der Waals surface area contributed by atoms with Gasteiger partial charge in [-0.2, -0.15) is 0 Å². The smallest absolute Gasteiger partial charge is 0.123 e. The molecule has 1 saturated carbocycles. The van der Waals surface area contributed by atoms with E-state index in [-0.39, 0.29) is 11.9 Å². The second kappa shape index (κ2) is 5.63. The Morgan fingerprint density at radius 3 is 2.53 bits per heavy atom. The Bertz CT molecular complexity index is 346. The van der Waals surface area contributed by atoms with Crippen molar-refractivity contribution in [3.05, 3.63) is 35.6 Å². The van der Waals surface area contributed by atoms with Crippen molar-refractivity contribution in [2.45, 2.75) is 45.1 Å². The molecule has 1 nitrogen and oxygen atoms in total. The van der Waals surface area contributed by atoms with E-state index in [2.05, 4.69) is 6.92 Å². The van der Waals surface area contributed by atoms with E-state index in [0.29, 0.717) is 5.92 Å². The highest BCUT2D eigenvalue weighted by molar-refractivity contribution is 5.20. The lowest BCUT2D eigenvalue weighted by Crippen LogP contribution is -2.30. The van der Waals surface area contributed by atoms with Crippen molar-refractivity contribution in [1.29, 1.82) is 0 Å². The van der Waals surface area contributed by atoms with Gasteiger partial charge in [0, 0.05) is 6.04 Å². The van der Waals surface area contributed by atoms with Crippen molar-refractivity contribution in [1.82, 2.24) is 0 Å². The van der Waals surface area contributed by atoms with Gasteiger partial charge in [-0.15, -0.1) is 0 Å². The molecule has 0 aliphatic heterocycles. The molecule has 0 heterocycles. The topological polar surface area (TPSA) is 26.0 Å². The highest BCUT2D eigenvalue weighted by Gasteiger charge is 2.29. The van der Waals surface area contributed by atoms with Crippen molar-refractivity contribution in [2.24, 2.45) is 17.6 Å². The Balaban J connectivity index is 2.12. The summed E-state index contributed by atoms with van der Waals surface area (Å²) in [5, 5.41) is 0. The van der Waals surface area contributed by atoms with Gasteiger partial charge in [0.2, 0.25) is 0 Å². The molecule has 3 unspecified atom stereocenters. The van der Waals surface area contributed by atoms with E-state index in [1.807, 2.05) is 12.1 Å². The largest absolute Gasteiger partial charge is 0.324 e. The molecule has 2 heteroatoms. The van der Waals surface area contributed by atoms with Gasteiger partial charge in [-0.1, -0.05) is 44.7 Å². The molecule has 0 amide bonds. The predicted molar refractivity (Wildman–Crippen MR) is 69.1 cm³/mol. The van der Waals surface area contributed by atoms with E-state index in [1.54, 1.807) is 0 Å². The summed E-state index contributed by atoms with van der Waals surface area (Å²) in [6, 6.07) is 6.77. The molecule has 0 aromatic heterocycles. The third kappa shape index (κ3) is 2.86. The molecule has 1 aromatic carbocycles. The maximum atomic E-state index is 12.9. The summed E-state index contributed by atoms with van der Waals surface area (Å²) in [5.74, 6) is 1.12. The Morgan fingerprint density at radius 2 is 1.88 bits per heavy atom. The minimum atomic E-state index is -0.184. The first kappa shape index (κ1) is 12.6. The maximum absolute atomic E-state index is 12.9. The first-order valence-electron chi connectivity index (χ1n) is 6.73. The van der Waals surface area contributed by atoms with E-state index in [0.717, 1.165) is 11.5 Å². The number of hydrogen-bond donors (Lipinski definition) is 1. The molecule has 0 spiro atoms. The third-order valence-corrected chi connectivity index (χ3v) is 4.21. The molecule has 2 N–H and O–H groups in total. The first-order chi connectivity index (χ1) is 8.22. The van der Waals surface area contributed by atoms with Crippen LogP contribution in [0.2, 0.25) is 0 Å². The summed E-state index contributed by atoms with van der Waals surface area (Å²) < 4.78 is 12.9. The number of hydrogen-bond acceptors (Lipinski definition) is 1. The molecule has 2 rings (SSSR count). The summed E-state index contributed by atoms with van der Waals surface area (Å²) >= 11 is 0. The lowest BCUT2D eigenvalue weighted by molar-refractivity contribution is 0.196. The lowest BCUT2D eigenvalue weighted by Gasteiger charge is -2.35. The molecular weight excluding hydrogens is 213 g/mol. The molecule has 0 radical (unpaired) electrons. The second-order valence-corrected chi connectivity index (χ2v) is 5.19. The zero-order chi connectivity index (χ0) is 12.3. The Morgan fingerprint density at radius 1 is 1.24 bits per heavy atom. The van der Waals surface area contributed by atoms with Gasteiger partial charge in [-0.3, -0.25) is 0 Å². The summed E-state index contributed by atoms with van der Waals surface area (Å²) in [6.45, 7) is 2.25. The molecule has 0 bridgehead atoms. The number of nitrogens with two attached hydrogens (primary N) is 1. The van der Waals surface area contributed by atoms with E-state index in [9.17, 15) is 4.39 Å². The fraction of sp³-hybridized carbons (Fsp3) is 0.600. The average Bonchev–Trinajstić information content (AvgIpc) is 2.39. The maximum Gasteiger partial charge on any atom is 0.123 e.